The first-order valence-electron chi connectivity index (χ1n) is 11.7. The molecule has 2 atom stereocenters. The molecule has 43 heavy (non-hydrogen) atoms. The van der Waals surface area contributed by atoms with Crippen molar-refractivity contribution in [3.63, 3.8) is 0 Å². The number of carbonyl (C=O) groups excluding carboxylic acids is 3. The van der Waals surface area contributed by atoms with Crippen molar-refractivity contribution in [2.75, 3.05) is 6.61 Å². The summed E-state index contributed by atoms with van der Waals surface area (Å²) < 4.78 is 14.9. The number of carboxylic acid groups (broad SMARTS) is 1. The van der Waals surface area contributed by atoms with Gasteiger partial charge in [-0.25, -0.2) is 19.2 Å². The highest BCUT2D eigenvalue weighted by Crippen LogP contribution is 2.37. The second kappa shape index (κ2) is 12.9. The van der Waals surface area contributed by atoms with Crippen LogP contribution in [0.15, 0.2) is 48.5 Å². The van der Waals surface area contributed by atoms with Crippen molar-refractivity contribution in [2.45, 2.75) is 12.2 Å². The number of rotatable bonds is 10. The van der Waals surface area contributed by atoms with Gasteiger partial charge >= 0.3 is 23.9 Å². The Morgan fingerprint density at radius 2 is 1.14 bits per heavy atom. The van der Waals surface area contributed by atoms with Gasteiger partial charge in [0.1, 0.15) is 6.61 Å². The van der Waals surface area contributed by atoms with Crippen molar-refractivity contribution in [1.82, 2.24) is 0 Å². The average molecular weight is 602 g/mol. The number of phenols is 8. The van der Waals surface area contributed by atoms with Crippen molar-refractivity contribution < 1.29 is 79.3 Å². The Bertz CT molecular complexity index is 1560. The molecule has 0 saturated heterocycles. The van der Waals surface area contributed by atoms with Crippen LogP contribution in [0.3, 0.4) is 0 Å². The number of ether oxygens (including phenoxy) is 3. The predicted molar refractivity (Wildman–Crippen MR) is 139 cm³/mol. The summed E-state index contributed by atoms with van der Waals surface area (Å²) in [5.74, 6) is -12.7. The minimum absolute atomic E-state index is 0.236. The molecule has 16 heteroatoms. The molecule has 0 bridgehead atoms. The van der Waals surface area contributed by atoms with Crippen LogP contribution in [0.5, 0.6) is 46.0 Å². The van der Waals surface area contributed by atoms with Crippen LogP contribution in [-0.4, -0.2) is 88.7 Å². The molecule has 3 aromatic rings. The molecule has 0 heterocycles. The highest BCUT2D eigenvalue weighted by Gasteiger charge is 2.37. The molecular weight excluding hydrogens is 580 g/mol. The maximum atomic E-state index is 12.7. The number of esters is 3. The Hall–Kier alpha value is -6.32. The van der Waals surface area contributed by atoms with Gasteiger partial charge in [0.15, 0.2) is 52.1 Å². The lowest BCUT2D eigenvalue weighted by atomic mass is 10.1. The summed E-state index contributed by atoms with van der Waals surface area (Å²) in [6, 6.07) is 6.13. The van der Waals surface area contributed by atoms with Gasteiger partial charge in [-0.1, -0.05) is 6.07 Å². The molecule has 0 amide bonds. The summed E-state index contributed by atoms with van der Waals surface area (Å²) in [5.41, 5.74) is -1.02. The number of carbonyl (C=O) groups is 4. The fraction of sp³-hybridized carbons (Fsp3) is 0.111. The molecule has 0 aliphatic heterocycles. The lowest BCUT2D eigenvalue weighted by molar-refractivity contribution is -0.160. The topological polar surface area (TPSA) is 278 Å². The summed E-state index contributed by atoms with van der Waals surface area (Å²) >= 11 is 0. The number of benzene rings is 3. The van der Waals surface area contributed by atoms with Crippen LogP contribution in [0.2, 0.25) is 0 Å². The quantitative estimate of drug-likeness (QED) is 0.0686. The van der Waals surface area contributed by atoms with Crippen LogP contribution >= 0.6 is 0 Å². The average Bonchev–Trinajstić information content (AvgIpc) is 2.95. The summed E-state index contributed by atoms with van der Waals surface area (Å²) in [7, 11) is 0. The van der Waals surface area contributed by atoms with Gasteiger partial charge in [0.25, 0.3) is 0 Å². The molecule has 9 N–H and O–H groups in total. The van der Waals surface area contributed by atoms with Gasteiger partial charge in [0, 0.05) is 6.08 Å². The van der Waals surface area contributed by atoms with E-state index in [0.29, 0.717) is 24.3 Å². The molecule has 0 fully saturated rings. The SMILES string of the molecule is O=C(/C=C/c1ccc(O)c(O)c1)OC[C@H](OC(=O)c1cc(O)c(O)c(O)c1)[C@@H](OC(=O)c1cc(O)c(O)c(O)c1)C(=O)O. The highest BCUT2D eigenvalue weighted by molar-refractivity contribution is 5.94. The second-order valence-electron chi connectivity index (χ2n) is 8.55. The molecule has 0 aromatic heterocycles. The third kappa shape index (κ3) is 7.66. The summed E-state index contributed by atoms with van der Waals surface area (Å²) in [6.07, 6.45) is -2.56. The van der Waals surface area contributed by atoms with E-state index >= 15 is 0 Å². The van der Waals surface area contributed by atoms with Crippen LogP contribution in [-0.2, 0) is 23.8 Å². The summed E-state index contributed by atoms with van der Waals surface area (Å²) in [5, 5.41) is 86.3. The van der Waals surface area contributed by atoms with Gasteiger partial charge < -0.3 is 60.2 Å². The number of hydrogen-bond donors (Lipinski definition) is 9. The zero-order chi connectivity index (χ0) is 32.0. The normalized spacial score (nSPS) is 12.3. The number of carboxylic acids is 1. The smallest absolute Gasteiger partial charge is 0.349 e. The third-order valence-electron chi connectivity index (χ3n) is 5.49. The lowest BCUT2D eigenvalue weighted by Crippen LogP contribution is -2.44. The monoisotopic (exact) mass is 602 g/mol. The van der Waals surface area contributed by atoms with Crippen molar-refractivity contribution in [1.29, 1.82) is 0 Å². The first-order valence-corrected chi connectivity index (χ1v) is 11.7. The minimum atomic E-state index is -2.42. The Morgan fingerprint density at radius 1 is 0.651 bits per heavy atom. The Morgan fingerprint density at radius 3 is 1.60 bits per heavy atom. The first-order chi connectivity index (χ1) is 20.2. The van der Waals surface area contributed by atoms with Gasteiger partial charge in [-0.3, -0.25) is 0 Å². The fourth-order valence-corrected chi connectivity index (χ4v) is 3.32. The molecule has 0 aliphatic carbocycles. The molecule has 0 unspecified atom stereocenters. The number of aromatic hydroxyl groups is 8. The van der Waals surface area contributed by atoms with Crippen LogP contribution in [0, 0.1) is 0 Å². The number of phenolic OH excluding ortho intramolecular Hbond substituents is 8. The fourth-order valence-electron chi connectivity index (χ4n) is 3.32. The lowest BCUT2D eigenvalue weighted by Gasteiger charge is -2.24. The molecule has 0 spiro atoms. The Balaban J connectivity index is 1.87. The Kier molecular flexibility index (Phi) is 9.36. The van der Waals surface area contributed by atoms with Crippen LogP contribution in [0.25, 0.3) is 6.08 Å². The largest absolute Gasteiger partial charge is 0.504 e. The van der Waals surface area contributed by atoms with E-state index in [4.69, 9.17) is 14.2 Å². The van der Waals surface area contributed by atoms with E-state index in [1.807, 2.05) is 0 Å². The molecule has 3 rings (SSSR count). The van der Waals surface area contributed by atoms with Gasteiger partial charge in [-0.05, 0) is 48.0 Å². The van der Waals surface area contributed by atoms with Gasteiger partial charge in [0.05, 0.1) is 11.1 Å². The van der Waals surface area contributed by atoms with Gasteiger partial charge in [-0.2, -0.15) is 0 Å². The van der Waals surface area contributed by atoms with E-state index in [1.165, 1.54) is 6.07 Å². The Labute approximate surface area is 239 Å². The van der Waals surface area contributed by atoms with Crippen molar-refractivity contribution in [3.05, 3.63) is 65.2 Å². The maximum absolute atomic E-state index is 12.7. The summed E-state index contributed by atoms with van der Waals surface area (Å²) in [6.45, 7) is -1.07. The third-order valence-corrected chi connectivity index (χ3v) is 5.49. The van der Waals surface area contributed by atoms with E-state index in [1.54, 1.807) is 0 Å². The van der Waals surface area contributed by atoms with Crippen molar-refractivity contribution in [3.8, 4) is 46.0 Å². The van der Waals surface area contributed by atoms with Gasteiger partial charge in [-0.15, -0.1) is 0 Å². The van der Waals surface area contributed by atoms with E-state index in [9.17, 15) is 65.1 Å². The summed E-state index contributed by atoms with van der Waals surface area (Å²) in [4.78, 5) is 49.7. The van der Waals surface area contributed by atoms with E-state index in [-0.39, 0.29) is 5.56 Å². The zero-order valence-electron chi connectivity index (χ0n) is 21.4. The zero-order valence-corrected chi connectivity index (χ0v) is 21.4. The van der Waals surface area contributed by atoms with E-state index < -0.39 is 99.8 Å². The number of aliphatic carboxylic acids is 1. The molecule has 226 valence electrons. The van der Waals surface area contributed by atoms with E-state index in [0.717, 1.165) is 24.3 Å². The van der Waals surface area contributed by atoms with Crippen LogP contribution in [0.4, 0.5) is 0 Å². The molecule has 3 aromatic carbocycles. The highest BCUT2D eigenvalue weighted by atomic mass is 16.6. The predicted octanol–water partition coefficient (Wildman–Crippen LogP) is 1.42. The molecule has 0 saturated carbocycles. The van der Waals surface area contributed by atoms with E-state index in [2.05, 4.69) is 0 Å². The second-order valence-corrected chi connectivity index (χ2v) is 8.55. The molecule has 0 aliphatic rings. The minimum Gasteiger partial charge on any atom is -0.504 e. The molecule has 16 nitrogen and oxygen atoms in total. The van der Waals surface area contributed by atoms with Crippen molar-refractivity contribution >= 4 is 30.0 Å². The van der Waals surface area contributed by atoms with Crippen LogP contribution in [0.1, 0.15) is 26.3 Å². The molecule has 0 radical (unpaired) electrons. The standard InChI is InChI=1S/C27H22O16/c28-14-3-1-11(5-15(14)29)2-4-21(34)41-10-20(42-26(39)12-6-16(30)22(35)17(31)7-12)24(25(37)38)43-27(40)13-8-18(32)23(36)19(33)9-13/h1-9,20,24,28-33,35-36H,10H2,(H,37,38)/b4-2+/t20-,24+/m0/s1. The molecular formula is C27H22O16. The number of hydrogen-bond acceptors (Lipinski definition) is 15. The van der Waals surface area contributed by atoms with Crippen LogP contribution < -0.4 is 0 Å². The maximum Gasteiger partial charge on any atom is 0.349 e. The van der Waals surface area contributed by atoms with Gasteiger partial charge in [0.2, 0.25) is 6.10 Å². The first kappa shape index (κ1) is 31.2. The van der Waals surface area contributed by atoms with Crippen molar-refractivity contribution in [2.24, 2.45) is 0 Å².